The van der Waals surface area contributed by atoms with E-state index in [0.29, 0.717) is 12.0 Å². The minimum absolute atomic E-state index is 0.135. The van der Waals surface area contributed by atoms with E-state index in [1.807, 2.05) is 6.92 Å². The van der Waals surface area contributed by atoms with Gasteiger partial charge in [-0.1, -0.05) is 6.92 Å². The van der Waals surface area contributed by atoms with Crippen LogP contribution in [0.2, 0.25) is 0 Å². The van der Waals surface area contributed by atoms with Crippen molar-refractivity contribution in [3.63, 3.8) is 0 Å². The zero-order valence-corrected chi connectivity index (χ0v) is 15.1. The van der Waals surface area contributed by atoms with Gasteiger partial charge in [0.2, 0.25) is 10.0 Å². The average molecular weight is 362 g/mol. The lowest BCUT2D eigenvalue weighted by Crippen LogP contribution is -2.30. The first-order valence-corrected chi connectivity index (χ1v) is 9.80. The monoisotopic (exact) mass is 362 g/mol. The van der Waals surface area contributed by atoms with E-state index in [-0.39, 0.29) is 22.9 Å². The molecule has 134 valence electrons. The van der Waals surface area contributed by atoms with E-state index in [1.54, 1.807) is 24.0 Å². The summed E-state index contributed by atoms with van der Waals surface area (Å²) in [5.41, 5.74) is 1.26. The van der Waals surface area contributed by atoms with Crippen LogP contribution < -0.4 is 10.0 Å². The van der Waals surface area contributed by atoms with E-state index >= 15 is 0 Å². The number of carbonyl (C=O) groups excluding carboxylic acids is 1. The fourth-order valence-electron chi connectivity index (χ4n) is 2.62. The quantitative estimate of drug-likeness (QED) is 0.785. The van der Waals surface area contributed by atoms with Crippen molar-refractivity contribution in [1.29, 1.82) is 0 Å². The third-order valence-corrected chi connectivity index (χ3v) is 5.75. The molecule has 7 nitrogen and oxygen atoms in total. The van der Waals surface area contributed by atoms with Crippen LogP contribution in [-0.4, -0.2) is 30.1 Å². The molecule has 1 aliphatic carbocycles. The van der Waals surface area contributed by atoms with Crippen LogP contribution in [0.25, 0.3) is 0 Å². The van der Waals surface area contributed by atoms with Gasteiger partial charge < -0.3 is 5.32 Å². The predicted molar refractivity (Wildman–Crippen MR) is 93.5 cm³/mol. The van der Waals surface area contributed by atoms with Crippen LogP contribution in [0, 0.1) is 0 Å². The molecular formula is C17H22N4O3S. The van der Waals surface area contributed by atoms with Crippen molar-refractivity contribution in [3.8, 4) is 0 Å². The Kier molecular flexibility index (Phi) is 4.91. The molecule has 0 radical (unpaired) electrons. The second kappa shape index (κ2) is 6.97. The molecule has 1 aromatic heterocycles. The van der Waals surface area contributed by atoms with Gasteiger partial charge in [-0.3, -0.25) is 9.48 Å². The Labute approximate surface area is 147 Å². The topological polar surface area (TPSA) is 93.1 Å². The average Bonchev–Trinajstić information content (AvgIpc) is 3.31. The predicted octanol–water partition coefficient (Wildman–Crippen LogP) is 1.74. The SMILES string of the molecule is CC[C@H](NS(=O)(=O)c1ccc(C(=O)NC2CC2)cc1)c1ccnn1C. The van der Waals surface area contributed by atoms with Gasteiger partial charge in [0.15, 0.2) is 0 Å². The molecule has 1 amide bonds. The summed E-state index contributed by atoms with van der Waals surface area (Å²) in [4.78, 5) is 12.1. The molecule has 1 fully saturated rings. The normalized spacial score (nSPS) is 15.8. The number of amides is 1. The number of carbonyl (C=O) groups is 1. The van der Waals surface area contributed by atoms with E-state index in [0.717, 1.165) is 18.5 Å². The van der Waals surface area contributed by atoms with Crippen molar-refractivity contribution in [2.24, 2.45) is 7.05 Å². The van der Waals surface area contributed by atoms with E-state index in [4.69, 9.17) is 0 Å². The number of rotatable bonds is 7. The van der Waals surface area contributed by atoms with Crippen LogP contribution in [-0.2, 0) is 17.1 Å². The molecule has 8 heteroatoms. The molecule has 0 unspecified atom stereocenters. The molecule has 0 aliphatic heterocycles. The summed E-state index contributed by atoms with van der Waals surface area (Å²) in [6.45, 7) is 1.91. The summed E-state index contributed by atoms with van der Waals surface area (Å²) in [6, 6.07) is 7.69. The molecule has 1 aromatic carbocycles. The second-order valence-corrected chi connectivity index (χ2v) is 7.95. The maximum absolute atomic E-state index is 12.6. The van der Waals surface area contributed by atoms with Crippen LogP contribution in [0.3, 0.4) is 0 Å². The van der Waals surface area contributed by atoms with Crippen molar-refractivity contribution < 1.29 is 13.2 Å². The Morgan fingerprint density at radius 3 is 2.48 bits per heavy atom. The fraction of sp³-hybridized carbons (Fsp3) is 0.412. The number of sulfonamides is 1. The molecule has 2 aromatic rings. The second-order valence-electron chi connectivity index (χ2n) is 6.23. The van der Waals surface area contributed by atoms with E-state index in [2.05, 4.69) is 15.1 Å². The number of hydrogen-bond acceptors (Lipinski definition) is 4. The van der Waals surface area contributed by atoms with Crippen LogP contribution >= 0.6 is 0 Å². The standard InChI is InChI=1S/C17H22N4O3S/c1-3-15(16-10-11-18-21(16)2)20-25(23,24)14-8-4-12(5-9-14)17(22)19-13-6-7-13/h4-5,8-11,13,15,20H,3,6-7H2,1-2H3,(H,19,22)/t15-/m0/s1. The van der Waals surface area contributed by atoms with Gasteiger partial charge >= 0.3 is 0 Å². The molecule has 3 rings (SSSR count). The molecule has 25 heavy (non-hydrogen) atoms. The van der Waals surface area contributed by atoms with Gasteiger partial charge in [0.05, 0.1) is 16.6 Å². The van der Waals surface area contributed by atoms with Crippen LogP contribution in [0.1, 0.15) is 48.3 Å². The van der Waals surface area contributed by atoms with E-state index < -0.39 is 10.0 Å². The summed E-state index contributed by atoms with van der Waals surface area (Å²) >= 11 is 0. The summed E-state index contributed by atoms with van der Waals surface area (Å²) in [5, 5.41) is 6.97. The van der Waals surface area contributed by atoms with E-state index in [1.165, 1.54) is 24.3 Å². The lowest BCUT2D eigenvalue weighted by molar-refractivity contribution is 0.0951. The molecule has 1 saturated carbocycles. The van der Waals surface area contributed by atoms with Crippen molar-refractivity contribution in [1.82, 2.24) is 19.8 Å². The highest BCUT2D eigenvalue weighted by molar-refractivity contribution is 7.89. The maximum atomic E-state index is 12.6. The molecule has 1 aliphatic rings. The number of nitrogens with one attached hydrogen (secondary N) is 2. The highest BCUT2D eigenvalue weighted by atomic mass is 32.2. The lowest BCUT2D eigenvalue weighted by Gasteiger charge is -2.17. The molecule has 1 heterocycles. The Bertz CT molecular complexity index is 854. The fourth-order valence-corrected chi connectivity index (χ4v) is 3.91. The van der Waals surface area contributed by atoms with Crippen LogP contribution in [0.15, 0.2) is 41.4 Å². The summed E-state index contributed by atoms with van der Waals surface area (Å²) < 4.78 is 29.6. The molecule has 1 atom stereocenters. The first-order valence-electron chi connectivity index (χ1n) is 8.32. The molecule has 0 saturated heterocycles. The summed E-state index contributed by atoms with van der Waals surface area (Å²) in [7, 11) is -1.91. The lowest BCUT2D eigenvalue weighted by atomic mass is 10.2. The molecular weight excluding hydrogens is 340 g/mol. The van der Waals surface area contributed by atoms with Gasteiger partial charge in [0, 0.05) is 24.8 Å². The van der Waals surface area contributed by atoms with Gasteiger partial charge in [-0.05, 0) is 49.6 Å². The van der Waals surface area contributed by atoms with Gasteiger partial charge in [-0.15, -0.1) is 0 Å². The highest BCUT2D eigenvalue weighted by Crippen LogP contribution is 2.21. The van der Waals surface area contributed by atoms with Gasteiger partial charge in [0.25, 0.3) is 5.91 Å². The number of nitrogens with zero attached hydrogens (tertiary/aromatic N) is 2. The summed E-state index contributed by atoms with van der Waals surface area (Å²) in [6.07, 6.45) is 4.25. The largest absolute Gasteiger partial charge is 0.349 e. The van der Waals surface area contributed by atoms with Gasteiger partial charge in [-0.25, -0.2) is 13.1 Å². The summed E-state index contributed by atoms with van der Waals surface area (Å²) in [5.74, 6) is -0.166. The highest BCUT2D eigenvalue weighted by Gasteiger charge is 2.25. The van der Waals surface area contributed by atoms with Crippen molar-refractivity contribution in [2.45, 2.75) is 43.2 Å². The Hall–Kier alpha value is -2.19. The van der Waals surface area contributed by atoms with Gasteiger partial charge in [0.1, 0.15) is 0 Å². The van der Waals surface area contributed by atoms with Crippen molar-refractivity contribution in [2.75, 3.05) is 0 Å². The number of benzene rings is 1. The van der Waals surface area contributed by atoms with E-state index in [9.17, 15) is 13.2 Å². The zero-order valence-electron chi connectivity index (χ0n) is 14.3. The molecule has 0 bridgehead atoms. The Morgan fingerprint density at radius 2 is 1.96 bits per heavy atom. The van der Waals surface area contributed by atoms with Crippen LogP contribution in [0.5, 0.6) is 0 Å². The van der Waals surface area contributed by atoms with Crippen molar-refractivity contribution in [3.05, 3.63) is 47.8 Å². The van der Waals surface area contributed by atoms with Crippen molar-refractivity contribution >= 4 is 15.9 Å². The Morgan fingerprint density at radius 1 is 1.28 bits per heavy atom. The first kappa shape index (κ1) is 17.6. The molecule has 2 N–H and O–H groups in total. The van der Waals surface area contributed by atoms with Crippen LogP contribution in [0.4, 0.5) is 0 Å². The number of hydrogen-bond donors (Lipinski definition) is 2. The third kappa shape index (κ3) is 4.08. The smallest absolute Gasteiger partial charge is 0.251 e. The Balaban J connectivity index is 1.74. The third-order valence-electron chi connectivity index (χ3n) is 4.26. The van der Waals surface area contributed by atoms with Gasteiger partial charge in [-0.2, -0.15) is 5.10 Å². The zero-order chi connectivity index (χ0) is 18.0. The number of aromatic nitrogens is 2. The molecule has 0 spiro atoms. The first-order chi connectivity index (χ1) is 11.9. The minimum Gasteiger partial charge on any atom is -0.349 e. The number of aryl methyl sites for hydroxylation is 1. The minimum atomic E-state index is -3.69. The maximum Gasteiger partial charge on any atom is 0.251 e.